The predicted molar refractivity (Wildman–Crippen MR) is 124 cm³/mol. The lowest BCUT2D eigenvalue weighted by atomic mass is 9.54. The first-order valence-electron chi connectivity index (χ1n) is 11.6. The molecule has 1 aliphatic rings. The molecule has 4 heterocycles. The monoisotopic (exact) mass is 397 g/mol. The number of rotatable bonds is 2. The fourth-order valence-electron chi connectivity index (χ4n) is 4.45. The molecule has 30 heavy (non-hydrogen) atoms. The minimum atomic E-state index is -2.22. The number of furan rings is 1. The minimum absolute atomic E-state index is 0.0239. The normalized spacial score (nSPS) is 15.5. The van der Waals surface area contributed by atoms with E-state index in [0.717, 1.165) is 39.4 Å². The number of benzene rings is 1. The van der Waals surface area contributed by atoms with Gasteiger partial charge >= 0.3 is 6.85 Å². The van der Waals surface area contributed by atoms with Crippen LogP contribution in [0.3, 0.4) is 0 Å². The molecule has 0 aliphatic carbocycles. The van der Waals surface area contributed by atoms with Crippen LogP contribution in [0.25, 0.3) is 28.3 Å². The fraction of sp³-hybridized carbons (Fsp3) is 0.200. The van der Waals surface area contributed by atoms with Crippen molar-refractivity contribution in [1.29, 1.82) is 0 Å². The molecule has 0 fully saturated rings. The van der Waals surface area contributed by atoms with Gasteiger partial charge in [-0.25, -0.2) is 9.55 Å². The number of nitrogens with zero attached hydrogens (tertiary/aromatic N) is 3. The summed E-state index contributed by atoms with van der Waals surface area (Å²) in [5, 5.41) is 1.00. The van der Waals surface area contributed by atoms with Crippen molar-refractivity contribution in [2.45, 2.75) is 27.5 Å². The Morgan fingerprint density at radius 3 is 2.70 bits per heavy atom. The van der Waals surface area contributed by atoms with Crippen molar-refractivity contribution in [3.05, 3.63) is 77.4 Å². The van der Waals surface area contributed by atoms with Crippen LogP contribution in [0.2, 0.25) is 6.82 Å². The van der Waals surface area contributed by atoms with Gasteiger partial charge in [0.25, 0.3) is 5.82 Å². The van der Waals surface area contributed by atoms with Crippen molar-refractivity contribution >= 4 is 35.3 Å². The molecule has 0 N–H and O–H groups in total. The van der Waals surface area contributed by atoms with Crippen LogP contribution < -0.4 is 14.8 Å². The van der Waals surface area contributed by atoms with Crippen LogP contribution in [-0.2, 0) is 7.05 Å². The van der Waals surface area contributed by atoms with E-state index in [1.165, 1.54) is 0 Å². The summed E-state index contributed by atoms with van der Waals surface area (Å²) in [6, 6.07) is 15.7. The van der Waals surface area contributed by atoms with Gasteiger partial charge in [0.15, 0.2) is 0 Å². The number of anilines is 1. The number of allylic oxidation sites excluding steroid dienone is 1. The topological polar surface area (TPSA) is 33.2 Å². The number of pyridine rings is 2. The highest BCUT2D eigenvalue weighted by atomic mass is 16.3. The van der Waals surface area contributed by atoms with Gasteiger partial charge in [-0.15, -0.1) is 0 Å². The first-order chi connectivity index (χ1) is 15.6. The smallest absolute Gasteiger partial charge is 0.413 e. The largest absolute Gasteiger partial charge is 0.439 e. The number of aryl methyl sites for hydroxylation is 3. The molecule has 5 rings (SSSR count). The Bertz CT molecular complexity index is 1410. The Kier molecular flexibility index (Phi) is 3.55. The van der Waals surface area contributed by atoms with Crippen molar-refractivity contribution < 1.29 is 13.1 Å². The highest BCUT2D eigenvalue weighted by Gasteiger charge is 2.40. The Balaban J connectivity index is 1.71. The number of fused-ring (bicyclic) bond motifs is 3. The van der Waals surface area contributed by atoms with Gasteiger partial charge in [0.1, 0.15) is 5.76 Å². The van der Waals surface area contributed by atoms with Crippen molar-refractivity contribution in [2.75, 3.05) is 4.81 Å². The lowest BCUT2D eigenvalue weighted by molar-refractivity contribution is -0.658. The Morgan fingerprint density at radius 2 is 1.93 bits per heavy atom. The van der Waals surface area contributed by atoms with Gasteiger partial charge in [-0.3, -0.25) is 4.81 Å². The maximum absolute atomic E-state index is 8.11. The standard InChI is InChI=1S/C25H25BN3O/c1-16-15-28(5)23(14-21(16)19-9-7-6-8-10-19)29-18(3)13-22-24(26(29)4)20-12-11-17(2)27-25(20)30-22/h6-15H,1-5H3/q+1/i1D3. The summed E-state index contributed by atoms with van der Waals surface area (Å²) >= 11 is 0. The third-order valence-corrected chi connectivity index (χ3v) is 5.87. The fourth-order valence-corrected chi connectivity index (χ4v) is 4.45. The first kappa shape index (κ1) is 15.5. The molecule has 0 amide bonds. The summed E-state index contributed by atoms with van der Waals surface area (Å²) in [5.74, 6) is 1.73. The lowest BCUT2D eigenvalue weighted by Gasteiger charge is -2.27. The van der Waals surface area contributed by atoms with E-state index in [1.54, 1.807) is 6.20 Å². The minimum Gasteiger partial charge on any atom is -0.439 e. The number of hydrogen-bond acceptors (Lipinski definition) is 3. The predicted octanol–water partition coefficient (Wildman–Crippen LogP) is 4.65. The van der Waals surface area contributed by atoms with Crippen molar-refractivity contribution in [3.63, 3.8) is 0 Å². The Hall–Kier alpha value is -3.34. The van der Waals surface area contributed by atoms with Gasteiger partial charge < -0.3 is 4.42 Å². The van der Waals surface area contributed by atoms with Gasteiger partial charge in [0.2, 0.25) is 5.71 Å². The average molecular weight is 397 g/mol. The van der Waals surface area contributed by atoms with Gasteiger partial charge in [-0.1, -0.05) is 30.3 Å². The molecule has 0 saturated carbocycles. The third kappa shape index (κ3) is 2.85. The Morgan fingerprint density at radius 1 is 1.13 bits per heavy atom. The molecule has 1 aliphatic heterocycles. The van der Waals surface area contributed by atoms with E-state index in [9.17, 15) is 0 Å². The van der Waals surface area contributed by atoms with Crippen LogP contribution in [0.1, 0.15) is 28.1 Å². The molecule has 0 saturated heterocycles. The molecule has 5 heteroatoms. The third-order valence-electron chi connectivity index (χ3n) is 5.87. The van der Waals surface area contributed by atoms with E-state index in [1.807, 2.05) is 74.0 Å². The van der Waals surface area contributed by atoms with E-state index in [2.05, 4.69) is 22.7 Å². The summed E-state index contributed by atoms with van der Waals surface area (Å²) in [4.78, 5) is 6.79. The first-order valence-corrected chi connectivity index (χ1v) is 10.1. The highest BCUT2D eigenvalue weighted by Crippen LogP contribution is 2.31. The van der Waals surface area contributed by atoms with Gasteiger partial charge in [0, 0.05) is 32.8 Å². The van der Waals surface area contributed by atoms with Crippen LogP contribution >= 0.6 is 0 Å². The van der Waals surface area contributed by atoms with Gasteiger partial charge in [-0.05, 0) is 56.3 Å². The summed E-state index contributed by atoms with van der Waals surface area (Å²) in [7, 11) is 1.90. The molecule has 1 aromatic carbocycles. The van der Waals surface area contributed by atoms with Crippen molar-refractivity contribution in [1.82, 2.24) is 4.98 Å². The second kappa shape index (κ2) is 6.87. The molecule has 0 unspecified atom stereocenters. The van der Waals surface area contributed by atoms with E-state index < -0.39 is 6.85 Å². The summed E-state index contributed by atoms with van der Waals surface area (Å²) < 4.78 is 32.3. The molecular weight excluding hydrogens is 369 g/mol. The molecule has 0 spiro atoms. The molecule has 0 atom stereocenters. The van der Waals surface area contributed by atoms with Crippen LogP contribution in [-0.4, -0.2) is 11.8 Å². The second-order valence-corrected chi connectivity index (χ2v) is 7.95. The molecule has 4 nitrogen and oxygen atoms in total. The van der Waals surface area contributed by atoms with Crippen LogP contribution in [0.15, 0.2) is 64.8 Å². The number of hydrogen-bond donors (Lipinski definition) is 0. The van der Waals surface area contributed by atoms with E-state index in [4.69, 9.17) is 8.53 Å². The van der Waals surface area contributed by atoms with E-state index in [-0.39, 0.29) is 6.85 Å². The zero-order valence-electron chi connectivity index (χ0n) is 20.6. The summed E-state index contributed by atoms with van der Waals surface area (Å²) in [5.41, 5.74) is 5.59. The highest BCUT2D eigenvalue weighted by molar-refractivity contribution is 6.79. The van der Waals surface area contributed by atoms with Crippen molar-refractivity contribution in [3.8, 4) is 11.1 Å². The molecule has 0 bridgehead atoms. The Labute approximate surface area is 181 Å². The van der Waals surface area contributed by atoms with Crippen LogP contribution in [0.5, 0.6) is 0 Å². The van der Waals surface area contributed by atoms with Crippen LogP contribution in [0.4, 0.5) is 5.82 Å². The molecule has 4 aromatic rings. The molecule has 148 valence electrons. The quantitative estimate of drug-likeness (QED) is 0.365. The maximum atomic E-state index is 8.11. The molecule has 0 radical (unpaired) electrons. The zero-order chi connectivity index (χ0) is 23.5. The van der Waals surface area contributed by atoms with E-state index in [0.29, 0.717) is 16.8 Å². The van der Waals surface area contributed by atoms with Gasteiger partial charge in [0.05, 0.1) is 18.9 Å². The lowest BCUT2D eigenvalue weighted by Crippen LogP contribution is -2.52. The molecular formula is C25H25BN3O+. The maximum Gasteiger partial charge on any atom is 0.413 e. The summed E-state index contributed by atoms with van der Waals surface area (Å²) in [6.07, 6.45) is 3.77. The number of aromatic nitrogens is 2. The molecule has 3 aromatic heterocycles. The SMILES string of the molecule is [2H]C([2H])([2H])c1c[n+](C)c(N2B(C)c3c(oc4nc(C)ccc34)C=C2C)cc1-c1ccccc1. The average Bonchev–Trinajstić information content (AvgIpc) is 3.11. The van der Waals surface area contributed by atoms with Crippen LogP contribution in [0, 0.1) is 13.8 Å². The summed E-state index contributed by atoms with van der Waals surface area (Å²) in [6.45, 7) is 3.89. The zero-order valence-corrected chi connectivity index (χ0v) is 17.6. The van der Waals surface area contributed by atoms with E-state index >= 15 is 0 Å². The van der Waals surface area contributed by atoms with Gasteiger partial charge in [-0.2, -0.15) is 0 Å². The second-order valence-electron chi connectivity index (χ2n) is 7.95. The van der Waals surface area contributed by atoms with Crippen molar-refractivity contribution in [2.24, 2.45) is 7.05 Å².